The minimum absolute atomic E-state index is 0.0192. The molecule has 4 nitrogen and oxygen atoms in total. The van der Waals surface area contributed by atoms with E-state index in [0.717, 1.165) is 31.6 Å². The summed E-state index contributed by atoms with van der Waals surface area (Å²) in [7, 11) is 1.85. The number of anilines is 1. The Morgan fingerprint density at radius 2 is 2.24 bits per heavy atom. The fourth-order valence-corrected chi connectivity index (χ4v) is 3.63. The number of carbonyl (C=O) groups is 1. The van der Waals surface area contributed by atoms with Crippen molar-refractivity contribution in [3.8, 4) is 0 Å². The number of carbonyl (C=O) groups excluding carboxylic acids is 1. The lowest BCUT2D eigenvalue weighted by Crippen LogP contribution is -2.32. The summed E-state index contributed by atoms with van der Waals surface area (Å²) in [6.07, 6.45) is 3.74. The van der Waals surface area contributed by atoms with E-state index in [9.17, 15) is 4.79 Å². The maximum absolute atomic E-state index is 11.8. The van der Waals surface area contributed by atoms with Crippen LogP contribution in [0, 0.1) is 5.92 Å². The third-order valence-corrected chi connectivity index (χ3v) is 4.96. The molecule has 1 amide bonds. The maximum atomic E-state index is 11.8. The zero-order valence-electron chi connectivity index (χ0n) is 12.8. The molecule has 0 bridgehead atoms. The molecule has 0 aromatic heterocycles. The van der Waals surface area contributed by atoms with E-state index in [1.165, 1.54) is 11.1 Å². The molecule has 2 N–H and O–H groups in total. The lowest BCUT2D eigenvalue weighted by molar-refractivity contribution is -0.118. The molecule has 2 aliphatic rings. The molecule has 114 valence electrons. The van der Waals surface area contributed by atoms with E-state index in [4.69, 9.17) is 10.5 Å². The fourth-order valence-electron chi connectivity index (χ4n) is 3.63. The van der Waals surface area contributed by atoms with Gasteiger partial charge >= 0.3 is 0 Å². The van der Waals surface area contributed by atoms with Gasteiger partial charge in [0, 0.05) is 37.7 Å². The van der Waals surface area contributed by atoms with Gasteiger partial charge in [-0.15, -0.1) is 0 Å². The number of hydrogen-bond acceptors (Lipinski definition) is 3. The molecule has 2 heterocycles. The third-order valence-electron chi connectivity index (χ3n) is 4.96. The van der Waals surface area contributed by atoms with Crippen molar-refractivity contribution < 1.29 is 9.53 Å². The molecule has 4 heteroatoms. The van der Waals surface area contributed by atoms with Gasteiger partial charge in [-0.3, -0.25) is 4.79 Å². The summed E-state index contributed by atoms with van der Waals surface area (Å²) in [6, 6.07) is 6.32. The van der Waals surface area contributed by atoms with Gasteiger partial charge in [-0.2, -0.15) is 0 Å². The topological polar surface area (TPSA) is 55.6 Å². The Morgan fingerprint density at radius 1 is 1.43 bits per heavy atom. The molecule has 1 saturated heterocycles. The zero-order chi connectivity index (χ0) is 15.0. The van der Waals surface area contributed by atoms with Crippen LogP contribution in [0.1, 0.15) is 43.4 Å². The van der Waals surface area contributed by atoms with Gasteiger partial charge in [0.1, 0.15) is 0 Å². The molecular formula is C17H24N2O2. The largest absolute Gasteiger partial charge is 0.378 e. The molecule has 3 unspecified atom stereocenters. The van der Waals surface area contributed by atoms with Crippen LogP contribution in [0.25, 0.3) is 0 Å². The van der Waals surface area contributed by atoms with Crippen LogP contribution in [-0.2, 0) is 16.0 Å². The first-order valence-corrected chi connectivity index (χ1v) is 7.88. The molecule has 1 aromatic carbocycles. The van der Waals surface area contributed by atoms with Crippen molar-refractivity contribution in [3.63, 3.8) is 0 Å². The molecule has 0 spiro atoms. The van der Waals surface area contributed by atoms with E-state index in [-0.39, 0.29) is 18.1 Å². The average Bonchev–Trinajstić information content (AvgIpc) is 2.98. The first-order chi connectivity index (χ1) is 10.1. The quantitative estimate of drug-likeness (QED) is 0.929. The van der Waals surface area contributed by atoms with Crippen LogP contribution < -0.4 is 10.6 Å². The first-order valence-electron chi connectivity index (χ1n) is 7.88. The van der Waals surface area contributed by atoms with Crippen molar-refractivity contribution in [2.24, 2.45) is 11.7 Å². The summed E-state index contributed by atoms with van der Waals surface area (Å²) >= 11 is 0. The molecule has 3 rings (SSSR count). The molecule has 1 fully saturated rings. The summed E-state index contributed by atoms with van der Waals surface area (Å²) in [4.78, 5) is 13.5. The number of benzene rings is 1. The summed E-state index contributed by atoms with van der Waals surface area (Å²) in [5.74, 6) is 0.589. The molecule has 1 aromatic rings. The van der Waals surface area contributed by atoms with Crippen molar-refractivity contribution in [1.82, 2.24) is 0 Å². The van der Waals surface area contributed by atoms with Crippen LogP contribution in [0.5, 0.6) is 0 Å². The van der Waals surface area contributed by atoms with Gasteiger partial charge in [-0.25, -0.2) is 0 Å². The number of nitrogens with two attached hydrogens (primary N) is 1. The van der Waals surface area contributed by atoms with E-state index in [1.54, 1.807) is 4.90 Å². The highest BCUT2D eigenvalue weighted by Crippen LogP contribution is 2.36. The predicted molar refractivity (Wildman–Crippen MR) is 83.2 cm³/mol. The number of aryl methyl sites for hydroxylation is 1. The molecule has 0 radical (unpaired) electrons. The van der Waals surface area contributed by atoms with E-state index in [0.29, 0.717) is 12.3 Å². The second-order valence-electron chi connectivity index (χ2n) is 6.14. The Bertz CT molecular complexity index is 544. The van der Waals surface area contributed by atoms with Crippen molar-refractivity contribution >= 4 is 11.6 Å². The Labute approximate surface area is 126 Å². The standard InChI is InChI=1S/C17H24N2O2/c1-3-15-13(8-9-21-15)17(18)12-4-6-14-11(10-12)5-7-16(20)19(14)2/h4,6,10,13,15,17H,3,5,7-9,18H2,1-2H3. The second kappa shape index (κ2) is 5.78. The number of rotatable bonds is 3. The second-order valence-corrected chi connectivity index (χ2v) is 6.14. The highest BCUT2D eigenvalue weighted by Gasteiger charge is 2.33. The van der Waals surface area contributed by atoms with Crippen LogP contribution in [0.3, 0.4) is 0 Å². The Morgan fingerprint density at radius 3 is 3.00 bits per heavy atom. The van der Waals surface area contributed by atoms with Crippen LogP contribution in [0.4, 0.5) is 5.69 Å². The molecule has 0 aliphatic carbocycles. The van der Waals surface area contributed by atoms with Crippen LogP contribution in [0.15, 0.2) is 18.2 Å². The normalized spacial score (nSPS) is 26.8. The maximum Gasteiger partial charge on any atom is 0.227 e. The zero-order valence-corrected chi connectivity index (χ0v) is 12.8. The predicted octanol–water partition coefficient (Wildman–Crippen LogP) is 2.41. The summed E-state index contributed by atoms with van der Waals surface area (Å²) in [6.45, 7) is 2.97. The van der Waals surface area contributed by atoms with Crippen molar-refractivity contribution in [2.45, 2.75) is 44.8 Å². The van der Waals surface area contributed by atoms with Crippen molar-refractivity contribution in [1.29, 1.82) is 0 Å². The van der Waals surface area contributed by atoms with Gasteiger partial charge in [0.05, 0.1) is 6.10 Å². The van der Waals surface area contributed by atoms with Gasteiger partial charge in [0.2, 0.25) is 5.91 Å². The van der Waals surface area contributed by atoms with E-state index in [2.05, 4.69) is 19.1 Å². The van der Waals surface area contributed by atoms with Gasteiger partial charge in [-0.05, 0) is 36.5 Å². The monoisotopic (exact) mass is 288 g/mol. The highest BCUT2D eigenvalue weighted by atomic mass is 16.5. The molecular weight excluding hydrogens is 264 g/mol. The molecule has 0 saturated carbocycles. The van der Waals surface area contributed by atoms with Gasteiger partial charge in [0.25, 0.3) is 0 Å². The minimum atomic E-state index is 0.0192. The first kappa shape index (κ1) is 14.5. The van der Waals surface area contributed by atoms with Gasteiger partial charge in [-0.1, -0.05) is 19.1 Å². The number of hydrogen-bond donors (Lipinski definition) is 1. The van der Waals surface area contributed by atoms with Crippen LogP contribution in [0.2, 0.25) is 0 Å². The van der Waals surface area contributed by atoms with Crippen molar-refractivity contribution in [3.05, 3.63) is 29.3 Å². The SMILES string of the molecule is CCC1OCCC1C(N)c1ccc2c(c1)CCC(=O)N2C. The molecule has 3 atom stereocenters. The summed E-state index contributed by atoms with van der Waals surface area (Å²) in [5, 5.41) is 0. The minimum Gasteiger partial charge on any atom is -0.378 e. The number of amides is 1. The molecule has 21 heavy (non-hydrogen) atoms. The van der Waals surface area contributed by atoms with E-state index in [1.807, 2.05) is 13.1 Å². The van der Waals surface area contributed by atoms with Crippen molar-refractivity contribution in [2.75, 3.05) is 18.6 Å². The summed E-state index contributed by atoms with van der Waals surface area (Å²) in [5.41, 5.74) is 9.93. The molecule has 2 aliphatic heterocycles. The Hall–Kier alpha value is -1.39. The lowest BCUT2D eigenvalue weighted by atomic mass is 9.86. The van der Waals surface area contributed by atoms with Crippen LogP contribution in [-0.4, -0.2) is 25.7 Å². The number of ether oxygens (including phenoxy) is 1. The smallest absolute Gasteiger partial charge is 0.227 e. The lowest BCUT2D eigenvalue weighted by Gasteiger charge is -2.28. The van der Waals surface area contributed by atoms with Gasteiger partial charge < -0.3 is 15.4 Å². The average molecular weight is 288 g/mol. The van der Waals surface area contributed by atoms with Gasteiger partial charge in [0.15, 0.2) is 0 Å². The summed E-state index contributed by atoms with van der Waals surface area (Å²) < 4.78 is 5.77. The Balaban J connectivity index is 1.85. The number of fused-ring (bicyclic) bond motifs is 1. The number of nitrogens with zero attached hydrogens (tertiary/aromatic N) is 1. The van der Waals surface area contributed by atoms with E-state index >= 15 is 0 Å². The Kier molecular flexibility index (Phi) is 4.00. The van der Waals surface area contributed by atoms with E-state index < -0.39 is 0 Å². The third kappa shape index (κ3) is 2.58. The van der Waals surface area contributed by atoms with Crippen LogP contribution >= 0.6 is 0 Å². The highest BCUT2D eigenvalue weighted by molar-refractivity contribution is 5.95. The fraction of sp³-hybridized carbons (Fsp3) is 0.588.